The van der Waals surface area contributed by atoms with Crippen LogP contribution in [0.25, 0.3) is 0 Å². The van der Waals surface area contributed by atoms with Crippen molar-refractivity contribution in [2.75, 3.05) is 19.7 Å². The monoisotopic (exact) mass is 492 g/mol. The van der Waals surface area contributed by atoms with E-state index in [1.807, 2.05) is 20.8 Å². The van der Waals surface area contributed by atoms with Gasteiger partial charge in [-0.1, -0.05) is 23.7 Å². The van der Waals surface area contributed by atoms with Gasteiger partial charge in [0.05, 0.1) is 28.5 Å². The highest BCUT2D eigenvalue weighted by Crippen LogP contribution is 2.31. The highest BCUT2D eigenvalue weighted by Gasteiger charge is 2.34. The van der Waals surface area contributed by atoms with Crippen molar-refractivity contribution in [3.63, 3.8) is 0 Å². The van der Waals surface area contributed by atoms with Crippen LogP contribution in [0.5, 0.6) is 5.75 Å². The van der Waals surface area contributed by atoms with E-state index < -0.39 is 15.9 Å². The van der Waals surface area contributed by atoms with Gasteiger partial charge in [0.25, 0.3) is 0 Å². The van der Waals surface area contributed by atoms with Crippen molar-refractivity contribution in [2.45, 2.75) is 58.4 Å². The Morgan fingerprint density at radius 3 is 2.55 bits per heavy atom. The summed E-state index contributed by atoms with van der Waals surface area (Å²) in [7, 11) is -3.77. The summed E-state index contributed by atoms with van der Waals surface area (Å²) in [6.45, 7) is 10.9. The number of rotatable bonds is 7. The van der Waals surface area contributed by atoms with Gasteiger partial charge in [0.2, 0.25) is 15.9 Å². The SMILES string of the molecule is CCOc1ccc(S(=O)(=O)N2CCC[C@H](C(=O)N[C@H](C)c3cc(C)c(C)cc3C)C2)cc1Cl. The predicted octanol–water partition coefficient (Wildman–Crippen LogP) is 4.94. The normalized spacial score (nSPS) is 18.1. The molecule has 6 nitrogen and oxygen atoms in total. The second-order valence-electron chi connectivity index (χ2n) is 8.75. The number of amides is 1. The van der Waals surface area contributed by atoms with Crippen LogP contribution in [0.4, 0.5) is 0 Å². The van der Waals surface area contributed by atoms with E-state index in [9.17, 15) is 13.2 Å². The number of nitrogens with zero attached hydrogens (tertiary/aromatic N) is 1. The number of ether oxygens (including phenoxy) is 1. The maximum Gasteiger partial charge on any atom is 0.243 e. The quantitative estimate of drug-likeness (QED) is 0.593. The van der Waals surface area contributed by atoms with Crippen LogP contribution in [-0.4, -0.2) is 38.3 Å². The largest absolute Gasteiger partial charge is 0.492 e. The van der Waals surface area contributed by atoms with Crippen molar-refractivity contribution in [2.24, 2.45) is 5.92 Å². The molecule has 8 heteroatoms. The lowest BCUT2D eigenvalue weighted by Gasteiger charge is -2.32. The fraction of sp³-hybridized carbons (Fsp3) is 0.480. The Morgan fingerprint density at radius 1 is 1.18 bits per heavy atom. The summed E-state index contributed by atoms with van der Waals surface area (Å²) >= 11 is 6.21. The summed E-state index contributed by atoms with van der Waals surface area (Å²) < 4.78 is 33.2. The van der Waals surface area contributed by atoms with Crippen molar-refractivity contribution in [3.05, 3.63) is 57.6 Å². The van der Waals surface area contributed by atoms with Gasteiger partial charge in [-0.2, -0.15) is 4.31 Å². The summed E-state index contributed by atoms with van der Waals surface area (Å²) in [5.74, 6) is -0.0737. The standard InChI is InChI=1S/C25H33ClN2O4S/c1-6-32-24-10-9-21(14-23(24)26)33(30,31)28-11-7-8-20(15-28)25(29)27-19(5)22-13-17(3)16(2)12-18(22)4/h9-10,12-14,19-20H,6-8,11,15H2,1-5H3,(H,27,29)/t19-,20+/m1/s1. The third kappa shape index (κ3) is 5.70. The number of carbonyl (C=O) groups excluding carboxylic acids is 1. The van der Waals surface area contributed by atoms with Crippen LogP contribution in [0, 0.1) is 26.7 Å². The van der Waals surface area contributed by atoms with E-state index in [1.54, 1.807) is 6.07 Å². The molecule has 1 saturated heterocycles. The third-order valence-electron chi connectivity index (χ3n) is 6.30. The molecule has 180 valence electrons. The van der Waals surface area contributed by atoms with Gasteiger partial charge in [0.15, 0.2) is 0 Å². The Labute approximate surface area is 202 Å². The summed E-state index contributed by atoms with van der Waals surface area (Å²) in [5.41, 5.74) is 4.61. The molecule has 1 aliphatic rings. The molecule has 3 rings (SSSR count). The van der Waals surface area contributed by atoms with Crippen LogP contribution < -0.4 is 10.1 Å². The van der Waals surface area contributed by atoms with Gasteiger partial charge in [0.1, 0.15) is 5.75 Å². The zero-order valence-corrected chi connectivity index (χ0v) is 21.5. The fourth-order valence-corrected chi connectivity index (χ4v) is 6.15. The van der Waals surface area contributed by atoms with E-state index in [0.717, 1.165) is 11.1 Å². The van der Waals surface area contributed by atoms with E-state index in [0.29, 0.717) is 31.7 Å². The number of nitrogens with one attached hydrogen (secondary N) is 1. The zero-order chi connectivity index (χ0) is 24.3. The van der Waals surface area contributed by atoms with Crippen LogP contribution in [0.3, 0.4) is 0 Å². The van der Waals surface area contributed by atoms with Crippen molar-refractivity contribution >= 4 is 27.5 Å². The van der Waals surface area contributed by atoms with Crippen molar-refractivity contribution in [3.8, 4) is 5.75 Å². The average Bonchev–Trinajstić information content (AvgIpc) is 2.77. The van der Waals surface area contributed by atoms with Gasteiger partial charge in [-0.05, 0) is 87.9 Å². The number of hydrogen-bond acceptors (Lipinski definition) is 4. The molecule has 33 heavy (non-hydrogen) atoms. The van der Waals surface area contributed by atoms with Crippen molar-refractivity contribution in [1.29, 1.82) is 0 Å². The first kappa shape index (κ1) is 25.5. The molecule has 1 N–H and O–H groups in total. The van der Waals surface area contributed by atoms with Crippen LogP contribution >= 0.6 is 11.6 Å². The van der Waals surface area contributed by atoms with Gasteiger partial charge in [-0.25, -0.2) is 8.42 Å². The maximum absolute atomic E-state index is 13.2. The number of carbonyl (C=O) groups is 1. The molecule has 2 aromatic carbocycles. The van der Waals surface area contributed by atoms with Gasteiger partial charge >= 0.3 is 0 Å². The Hall–Kier alpha value is -2.09. The highest BCUT2D eigenvalue weighted by atomic mass is 35.5. The molecule has 0 saturated carbocycles. The van der Waals surface area contributed by atoms with Crippen LogP contribution in [-0.2, 0) is 14.8 Å². The molecule has 1 heterocycles. The molecule has 1 aliphatic heterocycles. The lowest BCUT2D eigenvalue weighted by molar-refractivity contribution is -0.126. The second-order valence-corrected chi connectivity index (χ2v) is 11.1. The van der Waals surface area contributed by atoms with Crippen LogP contribution in [0.1, 0.15) is 55.0 Å². The van der Waals surface area contributed by atoms with Gasteiger partial charge < -0.3 is 10.1 Å². The third-order valence-corrected chi connectivity index (χ3v) is 8.46. The number of hydrogen-bond donors (Lipinski definition) is 1. The number of aryl methyl sites for hydroxylation is 3. The van der Waals surface area contributed by atoms with Crippen LogP contribution in [0.2, 0.25) is 5.02 Å². The van der Waals surface area contributed by atoms with Gasteiger partial charge in [0, 0.05) is 13.1 Å². The average molecular weight is 493 g/mol. The molecule has 2 atom stereocenters. The Balaban J connectivity index is 1.72. The molecular weight excluding hydrogens is 460 g/mol. The summed E-state index contributed by atoms with van der Waals surface area (Å²) in [4.78, 5) is 13.2. The zero-order valence-electron chi connectivity index (χ0n) is 19.9. The van der Waals surface area contributed by atoms with Crippen LogP contribution in [0.15, 0.2) is 35.2 Å². The van der Waals surface area contributed by atoms with Crippen molar-refractivity contribution < 1.29 is 17.9 Å². The lowest BCUT2D eigenvalue weighted by atomic mass is 9.95. The maximum atomic E-state index is 13.2. The minimum Gasteiger partial charge on any atom is -0.492 e. The van der Waals surface area contributed by atoms with E-state index in [2.05, 4.69) is 31.3 Å². The second kappa shape index (κ2) is 10.5. The van der Waals surface area contributed by atoms with E-state index in [-0.39, 0.29) is 28.4 Å². The van der Waals surface area contributed by atoms with E-state index in [1.165, 1.54) is 27.6 Å². The minimum absolute atomic E-state index is 0.108. The predicted molar refractivity (Wildman–Crippen MR) is 131 cm³/mol. The molecule has 0 radical (unpaired) electrons. The Morgan fingerprint density at radius 2 is 1.88 bits per heavy atom. The summed E-state index contributed by atoms with van der Waals surface area (Å²) in [6, 6.07) is 8.57. The van der Waals surface area contributed by atoms with Crippen molar-refractivity contribution in [1.82, 2.24) is 9.62 Å². The minimum atomic E-state index is -3.77. The summed E-state index contributed by atoms with van der Waals surface area (Å²) in [5, 5.41) is 3.35. The molecule has 0 spiro atoms. The Bertz CT molecular complexity index is 1130. The van der Waals surface area contributed by atoms with Gasteiger partial charge in [-0.15, -0.1) is 0 Å². The molecule has 0 bridgehead atoms. The number of piperidine rings is 1. The Kier molecular flexibility index (Phi) is 8.08. The lowest BCUT2D eigenvalue weighted by Crippen LogP contribution is -2.45. The molecular formula is C25H33ClN2O4S. The van der Waals surface area contributed by atoms with E-state index >= 15 is 0 Å². The first-order valence-electron chi connectivity index (χ1n) is 11.3. The summed E-state index contributed by atoms with van der Waals surface area (Å²) in [6.07, 6.45) is 1.28. The molecule has 0 aliphatic carbocycles. The first-order chi connectivity index (χ1) is 15.5. The number of sulfonamides is 1. The molecule has 2 aromatic rings. The molecule has 0 unspecified atom stereocenters. The smallest absolute Gasteiger partial charge is 0.243 e. The topological polar surface area (TPSA) is 75.7 Å². The molecule has 1 amide bonds. The number of halogens is 1. The number of benzene rings is 2. The van der Waals surface area contributed by atoms with E-state index in [4.69, 9.17) is 16.3 Å². The first-order valence-corrected chi connectivity index (χ1v) is 13.2. The highest BCUT2D eigenvalue weighted by molar-refractivity contribution is 7.89. The molecule has 1 fully saturated rings. The fourth-order valence-electron chi connectivity index (χ4n) is 4.30. The molecule has 0 aromatic heterocycles. The van der Waals surface area contributed by atoms with Gasteiger partial charge in [-0.3, -0.25) is 4.79 Å².